The Balaban J connectivity index is 2.99. The van der Waals surface area contributed by atoms with Gasteiger partial charge in [-0.1, -0.05) is 24.3 Å². The fraction of sp³-hybridized carbons (Fsp3) is 0.267. The Kier molecular flexibility index (Phi) is 5.18. The highest BCUT2D eigenvalue weighted by Crippen LogP contribution is 2.29. The van der Waals surface area contributed by atoms with Crippen LogP contribution >= 0.6 is 0 Å². The van der Waals surface area contributed by atoms with Crippen molar-refractivity contribution >= 4 is 12.0 Å². The van der Waals surface area contributed by atoms with Crippen molar-refractivity contribution in [1.29, 1.82) is 0 Å². The maximum absolute atomic E-state index is 11.7. The van der Waals surface area contributed by atoms with E-state index in [0.29, 0.717) is 17.1 Å². The van der Waals surface area contributed by atoms with E-state index in [-0.39, 0.29) is 5.97 Å². The predicted octanol–water partition coefficient (Wildman–Crippen LogP) is 3.60. The van der Waals surface area contributed by atoms with Gasteiger partial charge in [-0.25, -0.2) is 4.79 Å². The lowest BCUT2D eigenvalue weighted by molar-refractivity contribution is -0.130. The first kappa shape index (κ1) is 14.0. The number of methoxy groups -OCH3 is 1. The fourth-order valence-electron chi connectivity index (χ4n) is 1.36. The largest absolute Gasteiger partial charge is 0.493 e. The monoisotopic (exact) mass is 246 g/mol. The van der Waals surface area contributed by atoms with Crippen LogP contribution in [0.1, 0.15) is 26.3 Å². The highest BCUT2D eigenvalue weighted by atomic mass is 16.6. The number of allylic oxidation sites excluding steroid dienone is 2. The summed E-state index contributed by atoms with van der Waals surface area (Å²) in [4.78, 5) is 11.7. The van der Waals surface area contributed by atoms with Crippen LogP contribution in [0.3, 0.4) is 0 Å². The van der Waals surface area contributed by atoms with Gasteiger partial charge in [0.2, 0.25) is 0 Å². The predicted molar refractivity (Wildman–Crippen MR) is 72.8 cm³/mol. The number of benzene rings is 1. The van der Waals surface area contributed by atoms with Gasteiger partial charge in [-0.05, 0) is 38.5 Å². The molecule has 0 spiro atoms. The maximum atomic E-state index is 11.7. The summed E-state index contributed by atoms with van der Waals surface area (Å²) in [6, 6.07) is 5.43. The van der Waals surface area contributed by atoms with Crippen molar-refractivity contribution in [3.8, 4) is 11.5 Å². The van der Waals surface area contributed by atoms with Gasteiger partial charge in [0.1, 0.15) is 0 Å². The Bertz CT molecular complexity index is 485. The maximum Gasteiger partial charge on any atom is 0.338 e. The first-order chi connectivity index (χ1) is 8.62. The molecule has 0 aliphatic heterocycles. The quantitative estimate of drug-likeness (QED) is 0.462. The van der Waals surface area contributed by atoms with Crippen molar-refractivity contribution in [2.24, 2.45) is 0 Å². The van der Waals surface area contributed by atoms with Gasteiger partial charge in [0.15, 0.2) is 11.5 Å². The Morgan fingerprint density at radius 3 is 2.50 bits per heavy atom. The van der Waals surface area contributed by atoms with Crippen LogP contribution in [-0.4, -0.2) is 13.1 Å². The Labute approximate surface area is 108 Å². The molecule has 0 saturated heterocycles. The minimum atomic E-state index is -0.366. The van der Waals surface area contributed by atoms with Gasteiger partial charge in [-0.2, -0.15) is 0 Å². The second-order valence-corrected chi connectivity index (χ2v) is 3.77. The number of hydrogen-bond donors (Lipinski definition) is 0. The third-order valence-electron chi connectivity index (χ3n) is 2.50. The van der Waals surface area contributed by atoms with Crippen LogP contribution in [0, 0.1) is 0 Å². The van der Waals surface area contributed by atoms with Crippen LogP contribution in [-0.2, 0) is 4.79 Å². The molecule has 1 aromatic rings. The number of carbonyl (C=O) groups excluding carboxylic acids is 1. The zero-order valence-electron chi connectivity index (χ0n) is 11.2. The van der Waals surface area contributed by atoms with Gasteiger partial charge >= 0.3 is 5.97 Å². The van der Waals surface area contributed by atoms with Crippen LogP contribution in [0.5, 0.6) is 11.5 Å². The zero-order valence-corrected chi connectivity index (χ0v) is 11.2. The van der Waals surface area contributed by atoms with Crippen LogP contribution < -0.4 is 9.47 Å². The van der Waals surface area contributed by atoms with Crippen LogP contribution in [0.2, 0.25) is 0 Å². The highest BCUT2D eigenvalue weighted by molar-refractivity contribution is 5.89. The molecule has 0 bridgehead atoms. The van der Waals surface area contributed by atoms with Crippen molar-refractivity contribution in [1.82, 2.24) is 0 Å². The number of hydrogen-bond acceptors (Lipinski definition) is 3. The molecule has 3 nitrogen and oxygen atoms in total. The molecule has 0 heterocycles. The van der Waals surface area contributed by atoms with Gasteiger partial charge in [-0.15, -0.1) is 0 Å². The van der Waals surface area contributed by atoms with E-state index < -0.39 is 0 Å². The van der Waals surface area contributed by atoms with E-state index in [4.69, 9.17) is 9.47 Å². The van der Waals surface area contributed by atoms with E-state index in [1.54, 1.807) is 33.1 Å². The van der Waals surface area contributed by atoms with Crippen molar-refractivity contribution in [3.63, 3.8) is 0 Å². The molecule has 0 aliphatic carbocycles. The summed E-state index contributed by atoms with van der Waals surface area (Å²) >= 11 is 0. The van der Waals surface area contributed by atoms with Gasteiger partial charge in [0.25, 0.3) is 0 Å². The summed E-state index contributed by atoms with van der Waals surface area (Å²) in [5.74, 6) is 0.606. The van der Waals surface area contributed by atoms with E-state index in [1.807, 2.05) is 31.2 Å². The molecule has 0 N–H and O–H groups in total. The molecule has 0 aliphatic rings. The first-order valence-electron chi connectivity index (χ1n) is 5.78. The first-order valence-corrected chi connectivity index (χ1v) is 5.78. The van der Waals surface area contributed by atoms with Crippen LogP contribution in [0.15, 0.2) is 35.9 Å². The molecule has 96 valence electrons. The summed E-state index contributed by atoms with van der Waals surface area (Å²) < 4.78 is 10.5. The molecule has 0 radical (unpaired) electrons. The topological polar surface area (TPSA) is 35.5 Å². The van der Waals surface area contributed by atoms with E-state index in [2.05, 4.69) is 0 Å². The molecule has 1 aromatic carbocycles. The van der Waals surface area contributed by atoms with Crippen molar-refractivity contribution in [2.45, 2.75) is 20.8 Å². The van der Waals surface area contributed by atoms with Crippen LogP contribution in [0.4, 0.5) is 0 Å². The Morgan fingerprint density at radius 2 is 1.94 bits per heavy atom. The minimum absolute atomic E-state index is 0.366. The lowest BCUT2D eigenvalue weighted by atomic mass is 10.2. The average molecular weight is 246 g/mol. The Morgan fingerprint density at radius 1 is 1.22 bits per heavy atom. The third-order valence-corrected chi connectivity index (χ3v) is 2.50. The third kappa shape index (κ3) is 3.48. The van der Waals surface area contributed by atoms with Crippen molar-refractivity contribution in [2.75, 3.05) is 7.11 Å². The molecule has 0 unspecified atom stereocenters. The molecule has 0 fully saturated rings. The molecule has 1 rings (SSSR count). The summed E-state index contributed by atoms with van der Waals surface area (Å²) in [6.45, 7) is 5.45. The van der Waals surface area contributed by atoms with E-state index in [9.17, 15) is 4.79 Å². The summed E-state index contributed by atoms with van der Waals surface area (Å²) in [7, 11) is 1.55. The van der Waals surface area contributed by atoms with E-state index in [1.165, 1.54) is 0 Å². The van der Waals surface area contributed by atoms with Gasteiger partial charge in [0, 0.05) is 5.57 Å². The summed E-state index contributed by atoms with van der Waals surface area (Å²) in [5, 5.41) is 0. The second-order valence-electron chi connectivity index (χ2n) is 3.77. The average Bonchev–Trinajstić information content (AvgIpc) is 2.39. The normalized spacial score (nSPS) is 11.7. The molecule has 0 atom stereocenters. The molecule has 0 saturated carbocycles. The van der Waals surface area contributed by atoms with Gasteiger partial charge < -0.3 is 9.47 Å². The zero-order chi connectivity index (χ0) is 13.5. The lowest BCUT2D eigenvalue weighted by Gasteiger charge is -2.10. The Hall–Kier alpha value is -2.03. The smallest absolute Gasteiger partial charge is 0.338 e. The van der Waals surface area contributed by atoms with E-state index >= 15 is 0 Å². The minimum Gasteiger partial charge on any atom is -0.493 e. The number of esters is 1. The number of ether oxygens (including phenoxy) is 2. The number of rotatable bonds is 4. The van der Waals surface area contributed by atoms with Gasteiger partial charge in [-0.3, -0.25) is 0 Å². The molecule has 0 amide bonds. The SMILES string of the molecule is C/C=C/c1ccc(OC(=O)/C(C)=C/C)c(OC)c1. The van der Waals surface area contributed by atoms with Crippen molar-refractivity contribution in [3.05, 3.63) is 41.5 Å². The molecule has 18 heavy (non-hydrogen) atoms. The summed E-state index contributed by atoms with van der Waals surface area (Å²) in [5.41, 5.74) is 1.56. The number of carbonyl (C=O) groups is 1. The second kappa shape index (κ2) is 6.64. The van der Waals surface area contributed by atoms with Gasteiger partial charge in [0.05, 0.1) is 7.11 Å². The highest BCUT2D eigenvalue weighted by Gasteiger charge is 2.11. The molecule has 0 aromatic heterocycles. The molecular formula is C15H18O3. The summed E-state index contributed by atoms with van der Waals surface area (Å²) in [6.07, 6.45) is 5.60. The van der Waals surface area contributed by atoms with E-state index in [0.717, 1.165) is 5.56 Å². The lowest BCUT2D eigenvalue weighted by Crippen LogP contribution is -2.09. The standard InChI is InChI=1S/C15H18O3/c1-5-7-12-8-9-13(14(10-12)17-4)18-15(16)11(3)6-2/h5-10H,1-4H3/b7-5+,11-6+. The fourth-order valence-corrected chi connectivity index (χ4v) is 1.36. The van der Waals surface area contributed by atoms with Crippen LogP contribution in [0.25, 0.3) is 6.08 Å². The molecule has 3 heteroatoms. The molecular weight excluding hydrogens is 228 g/mol. The van der Waals surface area contributed by atoms with Crippen molar-refractivity contribution < 1.29 is 14.3 Å².